The van der Waals surface area contributed by atoms with Crippen molar-refractivity contribution in [2.45, 2.75) is 57.3 Å². The fourth-order valence-electron chi connectivity index (χ4n) is 3.65. The van der Waals surface area contributed by atoms with Gasteiger partial charge in [-0.05, 0) is 59.1 Å². The molecule has 1 heterocycles. The van der Waals surface area contributed by atoms with Crippen LogP contribution < -0.4 is 5.30 Å². The molecule has 0 atom stereocenters. The predicted octanol–water partition coefficient (Wildman–Crippen LogP) is 4.70. The average Bonchev–Trinajstić information content (AvgIpc) is 2.26. The Bertz CT molecular complexity index is 373. The summed E-state index contributed by atoms with van der Waals surface area (Å²) < 4.78 is 0. The van der Waals surface area contributed by atoms with Gasteiger partial charge in [-0.2, -0.15) is 0 Å². The Balaban J connectivity index is 2.57. The summed E-state index contributed by atoms with van der Waals surface area (Å²) in [6.07, 6.45) is 4.16. The van der Waals surface area contributed by atoms with Gasteiger partial charge in [0.05, 0.1) is 29.5 Å². The lowest BCUT2D eigenvalue weighted by atomic mass is 9.98. The number of hydrogen-bond donors (Lipinski definition) is 0. The van der Waals surface area contributed by atoms with Crippen LogP contribution >= 0.6 is 7.26 Å². The molecule has 0 aliphatic carbocycles. The molecular weight excluding hydrogens is 223 g/mol. The van der Waals surface area contributed by atoms with E-state index in [1.54, 1.807) is 5.30 Å². The van der Waals surface area contributed by atoms with Gasteiger partial charge in [0.2, 0.25) is 0 Å². The zero-order chi connectivity index (χ0) is 12.7. The van der Waals surface area contributed by atoms with Gasteiger partial charge in [0.25, 0.3) is 0 Å². The van der Waals surface area contributed by atoms with Crippen LogP contribution in [0.3, 0.4) is 0 Å². The summed E-state index contributed by atoms with van der Waals surface area (Å²) in [6.45, 7) is 12.6. The third-order valence-electron chi connectivity index (χ3n) is 5.27. The first kappa shape index (κ1) is 13.1. The van der Waals surface area contributed by atoms with Crippen molar-refractivity contribution in [3.8, 4) is 0 Å². The Kier molecular flexibility index (Phi) is 3.15. The van der Waals surface area contributed by atoms with Crippen molar-refractivity contribution >= 4 is 12.6 Å². The maximum Gasteiger partial charge on any atom is 0.0947 e. The van der Waals surface area contributed by atoms with Crippen LogP contribution in [-0.4, -0.2) is 17.0 Å². The molecule has 1 saturated heterocycles. The minimum absolute atomic E-state index is 0.482. The zero-order valence-electron chi connectivity index (χ0n) is 12.0. The summed E-state index contributed by atoms with van der Waals surface area (Å²) in [4.78, 5) is 0. The van der Waals surface area contributed by atoms with E-state index >= 15 is 0 Å². The number of benzene rings is 1. The van der Waals surface area contributed by atoms with Crippen molar-refractivity contribution in [1.82, 2.24) is 0 Å². The molecule has 0 radical (unpaired) electrons. The molecule has 1 aliphatic rings. The zero-order valence-corrected chi connectivity index (χ0v) is 12.8. The first-order valence-corrected chi connectivity index (χ1v) is 8.97. The van der Waals surface area contributed by atoms with E-state index in [1.807, 2.05) is 0 Å². The molecule has 0 unspecified atom stereocenters. The predicted molar refractivity (Wildman–Crippen MR) is 80.9 cm³/mol. The van der Waals surface area contributed by atoms with Crippen LogP contribution in [0.2, 0.25) is 0 Å². The first-order chi connectivity index (χ1) is 7.81. The van der Waals surface area contributed by atoms with Crippen LogP contribution in [0.25, 0.3) is 0 Å². The molecular formula is C16H26P+. The number of hydrogen-bond acceptors (Lipinski definition) is 0. The van der Waals surface area contributed by atoms with E-state index in [2.05, 4.69) is 64.7 Å². The highest BCUT2D eigenvalue weighted by molar-refractivity contribution is 7.85. The van der Waals surface area contributed by atoms with Gasteiger partial charge in [0.1, 0.15) is 0 Å². The lowest BCUT2D eigenvalue weighted by molar-refractivity contribution is 0.462. The van der Waals surface area contributed by atoms with Crippen LogP contribution in [-0.2, 0) is 0 Å². The van der Waals surface area contributed by atoms with Crippen LogP contribution in [0.4, 0.5) is 0 Å². The Morgan fingerprint density at radius 2 is 1.35 bits per heavy atom. The van der Waals surface area contributed by atoms with Crippen molar-refractivity contribution in [3.63, 3.8) is 0 Å². The average molecular weight is 249 g/mol. The molecule has 0 amide bonds. The summed E-state index contributed by atoms with van der Waals surface area (Å²) in [5.41, 5.74) is 0. The first-order valence-electron chi connectivity index (χ1n) is 6.74. The summed E-state index contributed by atoms with van der Waals surface area (Å²) in [5.74, 6) is 0. The quantitative estimate of drug-likeness (QED) is 0.633. The van der Waals surface area contributed by atoms with Crippen LogP contribution in [0.1, 0.15) is 47.0 Å². The second kappa shape index (κ2) is 4.09. The smallest absolute Gasteiger partial charge is 0.0620 e. The molecule has 1 fully saturated rings. The fraction of sp³-hybridized carbons (Fsp3) is 0.625. The SMILES string of the molecule is CC1(C)CCCC(C)(C)[P+]1(C)c1ccccc1. The van der Waals surface area contributed by atoms with Crippen LogP contribution in [0.5, 0.6) is 0 Å². The molecule has 1 aromatic carbocycles. The third-order valence-corrected chi connectivity index (χ3v) is 11.9. The lowest BCUT2D eigenvalue weighted by Gasteiger charge is -2.51. The topological polar surface area (TPSA) is 0 Å². The molecule has 0 nitrogen and oxygen atoms in total. The van der Waals surface area contributed by atoms with E-state index < -0.39 is 7.26 Å². The Hall–Kier alpha value is -0.350. The van der Waals surface area contributed by atoms with Gasteiger partial charge in [0, 0.05) is 0 Å². The largest absolute Gasteiger partial charge is 0.0947 e. The highest BCUT2D eigenvalue weighted by Crippen LogP contribution is 2.77. The molecule has 17 heavy (non-hydrogen) atoms. The monoisotopic (exact) mass is 249 g/mol. The van der Waals surface area contributed by atoms with Gasteiger partial charge in [-0.15, -0.1) is 0 Å². The van der Waals surface area contributed by atoms with Gasteiger partial charge in [-0.1, -0.05) is 18.2 Å². The van der Waals surface area contributed by atoms with E-state index in [-0.39, 0.29) is 0 Å². The van der Waals surface area contributed by atoms with E-state index in [9.17, 15) is 0 Å². The van der Waals surface area contributed by atoms with Gasteiger partial charge in [-0.3, -0.25) is 0 Å². The van der Waals surface area contributed by atoms with Gasteiger partial charge >= 0.3 is 0 Å². The minimum Gasteiger partial charge on any atom is -0.0620 e. The van der Waals surface area contributed by atoms with E-state index in [0.717, 1.165) is 0 Å². The minimum atomic E-state index is -1.12. The Morgan fingerprint density at radius 3 is 1.82 bits per heavy atom. The van der Waals surface area contributed by atoms with Crippen molar-refractivity contribution in [2.75, 3.05) is 6.66 Å². The van der Waals surface area contributed by atoms with Crippen molar-refractivity contribution < 1.29 is 0 Å². The van der Waals surface area contributed by atoms with Crippen LogP contribution in [0.15, 0.2) is 30.3 Å². The standard InChI is InChI=1S/C16H26P/c1-15(2)12-9-13-16(3,4)17(15,5)14-10-7-6-8-11-14/h6-8,10-11H,9,12-13H2,1-5H3/q+1. The summed E-state index contributed by atoms with van der Waals surface area (Å²) in [5, 5.41) is 2.58. The molecule has 94 valence electrons. The summed E-state index contributed by atoms with van der Waals surface area (Å²) in [6, 6.07) is 11.3. The highest BCUT2D eigenvalue weighted by Gasteiger charge is 2.61. The van der Waals surface area contributed by atoms with Crippen molar-refractivity contribution in [2.24, 2.45) is 0 Å². The van der Waals surface area contributed by atoms with Crippen molar-refractivity contribution in [3.05, 3.63) is 30.3 Å². The maximum atomic E-state index is 2.58. The molecule has 0 N–H and O–H groups in total. The fourth-order valence-corrected chi connectivity index (χ4v) is 8.66. The van der Waals surface area contributed by atoms with E-state index in [4.69, 9.17) is 0 Å². The van der Waals surface area contributed by atoms with Crippen LogP contribution in [0, 0.1) is 0 Å². The highest BCUT2D eigenvalue weighted by atomic mass is 31.2. The molecule has 0 saturated carbocycles. The molecule has 1 heteroatoms. The second-order valence-corrected chi connectivity index (χ2v) is 11.8. The second-order valence-electron chi connectivity index (χ2n) is 6.82. The van der Waals surface area contributed by atoms with E-state index in [0.29, 0.717) is 10.3 Å². The van der Waals surface area contributed by atoms with Gasteiger partial charge < -0.3 is 0 Å². The summed E-state index contributed by atoms with van der Waals surface area (Å²) in [7, 11) is -1.12. The Morgan fingerprint density at radius 1 is 0.882 bits per heavy atom. The van der Waals surface area contributed by atoms with Crippen molar-refractivity contribution in [1.29, 1.82) is 0 Å². The molecule has 1 aromatic rings. The normalized spacial score (nSPS) is 25.5. The van der Waals surface area contributed by atoms with E-state index in [1.165, 1.54) is 19.3 Å². The molecule has 0 bridgehead atoms. The number of rotatable bonds is 1. The maximum absolute atomic E-state index is 2.58. The summed E-state index contributed by atoms with van der Waals surface area (Å²) >= 11 is 0. The molecule has 0 spiro atoms. The Labute approximate surface area is 107 Å². The third kappa shape index (κ3) is 1.85. The lowest BCUT2D eigenvalue weighted by Crippen LogP contribution is -2.46. The molecule has 1 aliphatic heterocycles. The van der Waals surface area contributed by atoms with Gasteiger partial charge in [0.15, 0.2) is 0 Å². The van der Waals surface area contributed by atoms with Gasteiger partial charge in [-0.25, -0.2) is 0 Å². The molecule has 0 aromatic heterocycles. The molecule has 2 rings (SSSR count).